The Morgan fingerprint density at radius 2 is 1.71 bits per heavy atom. The van der Waals surface area contributed by atoms with E-state index in [-0.39, 0.29) is 29.7 Å². The van der Waals surface area contributed by atoms with Gasteiger partial charge in [0.25, 0.3) is 5.91 Å². The molecule has 13 heteroatoms. The first-order valence-corrected chi connectivity index (χ1v) is 16.8. The summed E-state index contributed by atoms with van der Waals surface area (Å²) in [6.45, 7) is 2.30. The van der Waals surface area contributed by atoms with Crippen LogP contribution in [0.1, 0.15) is 48.0 Å². The number of carbonyl (C=O) groups excluding carboxylic acids is 3. The first-order chi connectivity index (χ1) is 23.9. The maximum atomic E-state index is 13.7. The fraction of sp³-hybridized carbons (Fsp3) is 0.389. The van der Waals surface area contributed by atoms with Crippen LogP contribution in [0.5, 0.6) is 5.75 Å². The summed E-state index contributed by atoms with van der Waals surface area (Å²) in [5.41, 5.74) is 10.3. The smallest absolute Gasteiger partial charge is 0.251 e. The minimum absolute atomic E-state index is 0.113. The molecule has 7 N–H and O–H groups in total. The number of H-pyrrole nitrogens is 1. The highest BCUT2D eigenvalue weighted by molar-refractivity contribution is 5.98. The Morgan fingerprint density at radius 1 is 0.959 bits per heavy atom. The van der Waals surface area contributed by atoms with Gasteiger partial charge in [0.15, 0.2) is 0 Å². The number of nitrogens with one attached hydrogen (secondary N) is 5. The maximum Gasteiger partial charge on any atom is 0.251 e. The van der Waals surface area contributed by atoms with Gasteiger partial charge in [-0.15, -0.1) is 10.2 Å². The fourth-order valence-corrected chi connectivity index (χ4v) is 6.55. The van der Waals surface area contributed by atoms with Gasteiger partial charge in [0.05, 0.1) is 7.11 Å². The lowest BCUT2D eigenvalue weighted by molar-refractivity contribution is -0.130. The summed E-state index contributed by atoms with van der Waals surface area (Å²) in [5.74, 6) is 0.773. The lowest BCUT2D eigenvalue weighted by Crippen LogP contribution is -2.48. The Kier molecular flexibility index (Phi) is 10.9. The molecular formula is C36H43N9O4. The monoisotopic (exact) mass is 665 g/mol. The van der Waals surface area contributed by atoms with Crippen LogP contribution in [0.15, 0.2) is 66.7 Å². The lowest BCUT2D eigenvalue weighted by Gasteiger charge is -2.28. The van der Waals surface area contributed by atoms with Crippen molar-refractivity contribution in [1.29, 1.82) is 0 Å². The number of amides is 3. The van der Waals surface area contributed by atoms with Crippen LogP contribution in [0.4, 0.5) is 5.69 Å². The third-order valence-electron chi connectivity index (χ3n) is 9.50. The van der Waals surface area contributed by atoms with Crippen molar-refractivity contribution in [2.24, 2.45) is 17.6 Å². The number of aromatic nitrogens is 4. The van der Waals surface area contributed by atoms with Gasteiger partial charge in [0.1, 0.15) is 11.8 Å². The normalized spacial score (nSPS) is 19.5. The third kappa shape index (κ3) is 8.48. The van der Waals surface area contributed by atoms with Crippen molar-refractivity contribution in [3.8, 4) is 28.3 Å². The molecule has 2 aliphatic rings. The number of hydrogen-bond acceptors (Lipinski definition) is 9. The molecule has 0 spiro atoms. The number of nitrogens with zero attached hydrogens (tertiary/aromatic N) is 3. The Labute approximate surface area is 285 Å². The number of aromatic amines is 1. The quantitative estimate of drug-likeness (QED) is 0.132. The molecule has 1 aliphatic carbocycles. The van der Waals surface area contributed by atoms with Crippen LogP contribution in [0.2, 0.25) is 0 Å². The minimum Gasteiger partial charge on any atom is -0.496 e. The van der Waals surface area contributed by atoms with Crippen molar-refractivity contribution in [3.05, 3.63) is 77.9 Å². The summed E-state index contributed by atoms with van der Waals surface area (Å²) in [5, 5.41) is 26.3. The van der Waals surface area contributed by atoms with Crippen LogP contribution >= 0.6 is 0 Å². The van der Waals surface area contributed by atoms with Gasteiger partial charge >= 0.3 is 0 Å². The lowest BCUT2D eigenvalue weighted by atomic mass is 9.81. The molecule has 1 saturated heterocycles. The average Bonchev–Trinajstić information content (AvgIpc) is 3.87. The summed E-state index contributed by atoms with van der Waals surface area (Å²) < 4.78 is 5.68. The highest BCUT2D eigenvalue weighted by Crippen LogP contribution is 2.32. The van der Waals surface area contributed by atoms with Gasteiger partial charge in [-0.2, -0.15) is 5.21 Å². The van der Waals surface area contributed by atoms with Crippen molar-refractivity contribution >= 4 is 23.4 Å². The van der Waals surface area contributed by atoms with Crippen molar-refractivity contribution in [2.75, 3.05) is 32.1 Å². The summed E-state index contributed by atoms with van der Waals surface area (Å²) in [6.07, 6.45) is 4.54. The molecule has 3 amide bonds. The van der Waals surface area contributed by atoms with E-state index in [2.05, 4.69) is 41.9 Å². The van der Waals surface area contributed by atoms with Crippen molar-refractivity contribution < 1.29 is 19.1 Å². The molecule has 2 heterocycles. The second kappa shape index (κ2) is 15.8. The Bertz CT molecular complexity index is 1710. The molecule has 4 aromatic rings. The van der Waals surface area contributed by atoms with E-state index in [1.807, 2.05) is 30.3 Å². The van der Waals surface area contributed by atoms with Gasteiger partial charge in [-0.25, -0.2) is 0 Å². The molecule has 3 aromatic carbocycles. The third-order valence-corrected chi connectivity index (χ3v) is 9.50. The van der Waals surface area contributed by atoms with Crippen LogP contribution in [0.25, 0.3) is 22.5 Å². The van der Waals surface area contributed by atoms with Gasteiger partial charge in [-0.1, -0.05) is 24.3 Å². The number of hydrogen-bond donors (Lipinski definition) is 6. The zero-order valence-corrected chi connectivity index (χ0v) is 27.6. The fourth-order valence-electron chi connectivity index (χ4n) is 6.55. The number of benzene rings is 3. The second-order valence-electron chi connectivity index (χ2n) is 12.8. The second-order valence-corrected chi connectivity index (χ2v) is 12.8. The van der Waals surface area contributed by atoms with Gasteiger partial charge < -0.3 is 31.7 Å². The molecule has 2 unspecified atom stereocenters. The van der Waals surface area contributed by atoms with E-state index in [1.54, 1.807) is 43.5 Å². The zero-order chi connectivity index (χ0) is 34.2. The zero-order valence-electron chi connectivity index (χ0n) is 27.6. The summed E-state index contributed by atoms with van der Waals surface area (Å²) in [4.78, 5) is 39.9. The topological polar surface area (TPSA) is 189 Å². The average molecular weight is 666 g/mol. The molecule has 1 aliphatic heterocycles. The molecule has 0 radical (unpaired) electrons. The molecular weight excluding hydrogens is 622 g/mol. The van der Waals surface area contributed by atoms with Crippen LogP contribution in [0, 0.1) is 11.8 Å². The highest BCUT2D eigenvalue weighted by atomic mass is 16.5. The van der Waals surface area contributed by atoms with Crippen LogP contribution in [-0.2, 0) is 16.0 Å². The van der Waals surface area contributed by atoms with Crippen molar-refractivity contribution in [2.45, 2.75) is 50.6 Å². The predicted molar refractivity (Wildman–Crippen MR) is 186 cm³/mol. The number of anilines is 1. The van der Waals surface area contributed by atoms with Crippen LogP contribution in [0.3, 0.4) is 0 Å². The molecule has 256 valence electrons. The largest absolute Gasteiger partial charge is 0.496 e. The van der Waals surface area contributed by atoms with E-state index in [0.717, 1.165) is 67.4 Å². The highest BCUT2D eigenvalue weighted by Gasteiger charge is 2.29. The number of ether oxygens (including phenoxy) is 1. The van der Waals surface area contributed by atoms with E-state index in [9.17, 15) is 14.4 Å². The summed E-state index contributed by atoms with van der Waals surface area (Å²) >= 11 is 0. The van der Waals surface area contributed by atoms with E-state index in [0.29, 0.717) is 41.7 Å². The molecule has 1 aromatic heterocycles. The summed E-state index contributed by atoms with van der Waals surface area (Å²) in [6, 6.07) is 19.7. The Balaban J connectivity index is 1.16. The molecule has 6 rings (SSSR count). The van der Waals surface area contributed by atoms with Gasteiger partial charge in [0.2, 0.25) is 17.6 Å². The minimum atomic E-state index is -0.801. The first-order valence-electron chi connectivity index (χ1n) is 16.8. The number of tetrazole rings is 1. The van der Waals surface area contributed by atoms with Gasteiger partial charge in [-0.3, -0.25) is 14.4 Å². The van der Waals surface area contributed by atoms with Crippen molar-refractivity contribution in [3.63, 3.8) is 0 Å². The van der Waals surface area contributed by atoms with E-state index < -0.39 is 6.04 Å². The number of methoxy groups -OCH3 is 1. The number of carbonyl (C=O) groups is 3. The molecule has 2 atom stereocenters. The number of nitrogens with two attached hydrogens (primary N) is 1. The molecule has 1 saturated carbocycles. The standard InChI is InChI=1S/C36H43N9O4/c1-49-32-19-27(35(47)40-29-16-17-38-21-29)12-15-30(32)24-6-2-22(3-7-24)18-31(41-34(46)26-8-4-23(20-37)5-9-26)36(48)39-28-13-10-25(11-14-28)33-42-44-45-43-33/h2-3,6-7,10-15,19,23,26,29,31,38H,4-5,8-9,16-18,20-21,37H2,1H3,(H,39,48)(H,40,47)(H,41,46)(H,42,43,44,45). The summed E-state index contributed by atoms with van der Waals surface area (Å²) in [7, 11) is 1.59. The van der Waals surface area contributed by atoms with E-state index in [1.165, 1.54) is 0 Å². The van der Waals surface area contributed by atoms with Crippen LogP contribution < -0.4 is 31.7 Å². The number of rotatable bonds is 12. The first kappa shape index (κ1) is 33.7. The Morgan fingerprint density at radius 3 is 2.37 bits per heavy atom. The molecule has 2 fully saturated rings. The predicted octanol–water partition coefficient (Wildman–Crippen LogP) is 3.07. The van der Waals surface area contributed by atoms with E-state index >= 15 is 0 Å². The molecule has 0 bridgehead atoms. The maximum absolute atomic E-state index is 13.7. The van der Waals surface area contributed by atoms with Gasteiger partial charge in [0, 0.05) is 47.3 Å². The molecule has 49 heavy (non-hydrogen) atoms. The Hall–Kier alpha value is -5.14. The SMILES string of the molecule is COc1cc(C(=O)NC2CCNC2)ccc1-c1ccc(CC(NC(=O)C2CCC(CN)CC2)C(=O)Nc2ccc(-c3nn[nH]n3)cc2)cc1. The van der Waals surface area contributed by atoms with Crippen LogP contribution in [-0.4, -0.2) is 77.2 Å². The van der Waals surface area contributed by atoms with Gasteiger partial charge in [-0.05, 0) is 110 Å². The van der Waals surface area contributed by atoms with E-state index in [4.69, 9.17) is 10.5 Å². The molecule has 13 nitrogen and oxygen atoms in total. The van der Waals surface area contributed by atoms with Crippen molar-refractivity contribution in [1.82, 2.24) is 36.6 Å².